The molecule has 0 saturated carbocycles. The van der Waals surface area contributed by atoms with Gasteiger partial charge in [0.05, 0.1) is 6.26 Å². The van der Waals surface area contributed by atoms with Crippen LogP contribution in [0.15, 0.2) is 41.0 Å². The number of alkyl halides is 2. The van der Waals surface area contributed by atoms with Gasteiger partial charge < -0.3 is 10.2 Å². The minimum absolute atomic E-state index is 0.0267. The summed E-state index contributed by atoms with van der Waals surface area (Å²) in [7, 11) is 1.93. The fraction of sp³-hybridized carbons (Fsp3) is 0.375. The van der Waals surface area contributed by atoms with E-state index in [1.807, 2.05) is 31.0 Å². The second kappa shape index (κ2) is 6.83. The third kappa shape index (κ3) is 3.68. The zero-order valence-electron chi connectivity index (χ0n) is 12.2. The molecule has 5 heteroatoms. The van der Waals surface area contributed by atoms with Crippen molar-refractivity contribution in [2.45, 2.75) is 25.9 Å². The van der Waals surface area contributed by atoms with Crippen molar-refractivity contribution in [3.05, 3.63) is 59.0 Å². The lowest BCUT2D eigenvalue weighted by molar-refractivity contribution is 0.151. The maximum absolute atomic E-state index is 12.8. The molecule has 1 heterocycles. The highest BCUT2D eigenvalue weighted by Crippen LogP contribution is 2.26. The molecule has 0 amide bonds. The van der Waals surface area contributed by atoms with Crippen LogP contribution < -0.4 is 5.73 Å². The molecule has 0 spiro atoms. The molecule has 0 aliphatic rings. The van der Waals surface area contributed by atoms with E-state index in [1.54, 1.807) is 12.3 Å². The minimum atomic E-state index is -2.47. The number of hydrogen-bond donors (Lipinski definition) is 1. The van der Waals surface area contributed by atoms with Crippen molar-refractivity contribution in [1.82, 2.24) is 4.90 Å². The van der Waals surface area contributed by atoms with Crippen molar-refractivity contribution in [2.24, 2.45) is 5.73 Å². The molecule has 2 aromatic rings. The molecular formula is C16H20F2N2O. The van der Waals surface area contributed by atoms with Gasteiger partial charge in [-0.2, -0.15) is 0 Å². The maximum atomic E-state index is 12.8. The predicted octanol–water partition coefficient (Wildman–Crippen LogP) is 3.66. The summed E-state index contributed by atoms with van der Waals surface area (Å²) in [5.74, 6) is 0.860. The Hall–Kier alpha value is -1.72. The summed E-state index contributed by atoms with van der Waals surface area (Å²) in [5, 5.41) is 0. The number of hydrogen-bond acceptors (Lipinski definition) is 3. The lowest BCUT2D eigenvalue weighted by Gasteiger charge is -2.27. The molecule has 0 saturated heterocycles. The topological polar surface area (TPSA) is 42.4 Å². The SMILES string of the molecule is Cc1occc1CN(C)C(CN)c1cccc(C(F)F)c1. The molecule has 1 aromatic carbocycles. The van der Waals surface area contributed by atoms with Gasteiger partial charge >= 0.3 is 0 Å². The van der Waals surface area contributed by atoms with Gasteiger partial charge in [0.15, 0.2) is 0 Å². The van der Waals surface area contributed by atoms with Gasteiger partial charge in [0.1, 0.15) is 5.76 Å². The van der Waals surface area contributed by atoms with E-state index in [9.17, 15) is 8.78 Å². The van der Waals surface area contributed by atoms with E-state index < -0.39 is 6.43 Å². The molecule has 0 aliphatic heterocycles. The van der Waals surface area contributed by atoms with Gasteiger partial charge in [-0.1, -0.05) is 18.2 Å². The molecule has 3 nitrogen and oxygen atoms in total. The van der Waals surface area contributed by atoms with E-state index in [2.05, 4.69) is 0 Å². The summed E-state index contributed by atoms with van der Waals surface area (Å²) in [5.41, 5.74) is 7.75. The monoisotopic (exact) mass is 294 g/mol. The zero-order valence-corrected chi connectivity index (χ0v) is 12.2. The summed E-state index contributed by atoms with van der Waals surface area (Å²) >= 11 is 0. The van der Waals surface area contributed by atoms with Crippen molar-refractivity contribution < 1.29 is 13.2 Å². The number of nitrogens with zero attached hydrogens (tertiary/aromatic N) is 1. The number of furan rings is 1. The summed E-state index contributed by atoms with van der Waals surface area (Å²) in [6.07, 6.45) is -0.822. The van der Waals surface area contributed by atoms with Crippen LogP contribution in [0.1, 0.15) is 34.9 Å². The molecule has 114 valence electrons. The number of rotatable bonds is 6. The molecule has 0 fully saturated rings. The van der Waals surface area contributed by atoms with Crippen LogP contribution >= 0.6 is 0 Å². The van der Waals surface area contributed by atoms with Crippen LogP contribution in [0, 0.1) is 6.92 Å². The first-order valence-corrected chi connectivity index (χ1v) is 6.84. The van der Waals surface area contributed by atoms with Crippen molar-refractivity contribution >= 4 is 0 Å². The third-order valence-corrected chi connectivity index (χ3v) is 3.69. The van der Waals surface area contributed by atoms with Crippen LogP contribution in [0.25, 0.3) is 0 Å². The lowest BCUT2D eigenvalue weighted by atomic mass is 10.0. The number of benzene rings is 1. The second-order valence-electron chi connectivity index (χ2n) is 5.14. The Kier molecular flexibility index (Phi) is 5.09. The molecular weight excluding hydrogens is 274 g/mol. The van der Waals surface area contributed by atoms with E-state index in [0.29, 0.717) is 13.1 Å². The molecule has 0 bridgehead atoms. The number of nitrogens with two attached hydrogens (primary N) is 1. The Balaban J connectivity index is 2.18. The van der Waals surface area contributed by atoms with Gasteiger partial charge in [-0.3, -0.25) is 4.90 Å². The Morgan fingerprint density at radius 3 is 2.52 bits per heavy atom. The molecule has 0 radical (unpaired) electrons. The number of aryl methyl sites for hydroxylation is 1. The second-order valence-corrected chi connectivity index (χ2v) is 5.14. The Labute approximate surface area is 123 Å². The Morgan fingerprint density at radius 2 is 1.95 bits per heavy atom. The van der Waals surface area contributed by atoms with E-state index in [0.717, 1.165) is 16.9 Å². The molecule has 2 N–H and O–H groups in total. The van der Waals surface area contributed by atoms with Crippen LogP contribution in [0.2, 0.25) is 0 Å². The van der Waals surface area contributed by atoms with Gasteiger partial charge in [-0.05, 0) is 31.7 Å². The van der Waals surface area contributed by atoms with Gasteiger partial charge in [0, 0.05) is 30.3 Å². The summed E-state index contributed by atoms with van der Waals surface area (Å²) < 4.78 is 30.9. The quantitative estimate of drug-likeness (QED) is 0.884. The van der Waals surface area contributed by atoms with Crippen molar-refractivity contribution in [2.75, 3.05) is 13.6 Å². The van der Waals surface area contributed by atoms with Gasteiger partial charge in [0.2, 0.25) is 0 Å². The fourth-order valence-corrected chi connectivity index (χ4v) is 2.43. The standard InChI is InChI=1S/C16H20F2N2O/c1-11-14(6-7-21-11)10-20(2)15(9-19)12-4-3-5-13(8-12)16(17)18/h3-8,15-16H,9-10,19H2,1-2H3. The fourth-order valence-electron chi connectivity index (χ4n) is 2.43. The molecule has 1 atom stereocenters. The first-order valence-electron chi connectivity index (χ1n) is 6.84. The first-order chi connectivity index (χ1) is 10.0. The highest BCUT2D eigenvalue weighted by atomic mass is 19.3. The smallest absolute Gasteiger partial charge is 0.263 e. The average molecular weight is 294 g/mol. The highest BCUT2D eigenvalue weighted by molar-refractivity contribution is 5.27. The van der Waals surface area contributed by atoms with E-state index in [-0.39, 0.29) is 11.6 Å². The maximum Gasteiger partial charge on any atom is 0.263 e. The van der Waals surface area contributed by atoms with Crippen molar-refractivity contribution in [3.63, 3.8) is 0 Å². The van der Waals surface area contributed by atoms with Crippen LogP contribution in [-0.4, -0.2) is 18.5 Å². The van der Waals surface area contributed by atoms with E-state index >= 15 is 0 Å². The lowest BCUT2D eigenvalue weighted by Crippen LogP contribution is -2.30. The van der Waals surface area contributed by atoms with Gasteiger partial charge in [0.25, 0.3) is 6.43 Å². The Morgan fingerprint density at radius 1 is 1.24 bits per heavy atom. The van der Waals surface area contributed by atoms with Gasteiger partial charge in [-0.15, -0.1) is 0 Å². The molecule has 21 heavy (non-hydrogen) atoms. The van der Waals surface area contributed by atoms with E-state index in [1.165, 1.54) is 12.1 Å². The highest BCUT2D eigenvalue weighted by Gasteiger charge is 2.18. The van der Waals surface area contributed by atoms with Crippen LogP contribution in [0.5, 0.6) is 0 Å². The molecule has 0 aliphatic carbocycles. The predicted molar refractivity (Wildman–Crippen MR) is 78.1 cm³/mol. The van der Waals surface area contributed by atoms with Crippen molar-refractivity contribution in [1.29, 1.82) is 0 Å². The minimum Gasteiger partial charge on any atom is -0.469 e. The van der Waals surface area contributed by atoms with E-state index in [4.69, 9.17) is 10.2 Å². The Bertz CT molecular complexity index is 583. The largest absolute Gasteiger partial charge is 0.469 e. The first kappa shape index (κ1) is 15.7. The zero-order chi connectivity index (χ0) is 15.4. The van der Waals surface area contributed by atoms with Crippen LogP contribution in [0.4, 0.5) is 8.78 Å². The summed E-state index contributed by atoms with van der Waals surface area (Å²) in [6.45, 7) is 2.92. The van der Waals surface area contributed by atoms with Crippen LogP contribution in [0.3, 0.4) is 0 Å². The number of halogens is 2. The normalized spacial score (nSPS) is 13.1. The summed E-state index contributed by atoms with van der Waals surface area (Å²) in [6, 6.07) is 8.24. The molecule has 2 rings (SSSR count). The number of likely N-dealkylation sites (N-methyl/N-ethyl adjacent to an activating group) is 1. The van der Waals surface area contributed by atoms with Crippen molar-refractivity contribution in [3.8, 4) is 0 Å². The third-order valence-electron chi connectivity index (χ3n) is 3.69. The van der Waals surface area contributed by atoms with Gasteiger partial charge in [-0.25, -0.2) is 8.78 Å². The molecule has 1 unspecified atom stereocenters. The average Bonchev–Trinajstić information content (AvgIpc) is 2.85. The molecule has 1 aromatic heterocycles. The van der Waals surface area contributed by atoms with Crippen LogP contribution in [-0.2, 0) is 6.54 Å². The summed E-state index contributed by atoms with van der Waals surface area (Å²) in [4.78, 5) is 2.04.